The Labute approximate surface area is 116 Å². The van der Waals surface area contributed by atoms with Crippen molar-refractivity contribution in [1.82, 2.24) is 9.78 Å². The van der Waals surface area contributed by atoms with Crippen molar-refractivity contribution < 1.29 is 4.74 Å². The van der Waals surface area contributed by atoms with Crippen molar-refractivity contribution in [1.29, 1.82) is 0 Å². The molecule has 1 heterocycles. The quantitative estimate of drug-likeness (QED) is 0.838. The first-order valence-corrected chi connectivity index (χ1v) is 6.94. The van der Waals surface area contributed by atoms with Gasteiger partial charge in [-0.15, -0.1) is 0 Å². The van der Waals surface area contributed by atoms with E-state index in [0.717, 1.165) is 18.5 Å². The summed E-state index contributed by atoms with van der Waals surface area (Å²) in [5.41, 5.74) is 0.616. The van der Waals surface area contributed by atoms with Crippen LogP contribution in [0.5, 0.6) is 0 Å². The maximum atomic E-state index is 12.0. The van der Waals surface area contributed by atoms with Gasteiger partial charge < -0.3 is 10.1 Å². The molecular formula is C12H20BrN3O2. The molecule has 1 unspecified atom stereocenters. The van der Waals surface area contributed by atoms with Crippen molar-refractivity contribution in [3.63, 3.8) is 0 Å². The molecular weight excluding hydrogens is 298 g/mol. The molecule has 18 heavy (non-hydrogen) atoms. The number of hydrogen-bond donors (Lipinski definition) is 1. The number of anilines is 1. The maximum Gasteiger partial charge on any atom is 0.283 e. The van der Waals surface area contributed by atoms with E-state index in [9.17, 15) is 4.79 Å². The number of hydrogen-bond acceptors (Lipinski definition) is 4. The molecule has 0 fully saturated rings. The summed E-state index contributed by atoms with van der Waals surface area (Å²) in [5, 5.41) is 7.41. The summed E-state index contributed by atoms with van der Waals surface area (Å²) < 4.78 is 7.11. The lowest BCUT2D eigenvalue weighted by atomic mass is 10.2. The highest BCUT2D eigenvalue weighted by molar-refractivity contribution is 9.10. The van der Waals surface area contributed by atoms with Crippen LogP contribution in [0.2, 0.25) is 0 Å². The third-order valence-electron chi connectivity index (χ3n) is 2.64. The van der Waals surface area contributed by atoms with Gasteiger partial charge in [-0.2, -0.15) is 5.10 Å². The van der Waals surface area contributed by atoms with Crippen LogP contribution in [0.3, 0.4) is 0 Å². The largest absolute Gasteiger partial charge is 0.383 e. The first-order chi connectivity index (χ1) is 8.63. The highest BCUT2D eigenvalue weighted by Gasteiger charge is 2.12. The van der Waals surface area contributed by atoms with Gasteiger partial charge in [-0.05, 0) is 28.8 Å². The number of methoxy groups -OCH3 is 1. The summed E-state index contributed by atoms with van der Waals surface area (Å²) in [5.74, 6) is 0. The fourth-order valence-electron chi connectivity index (χ4n) is 1.62. The molecule has 0 aliphatic carbocycles. The van der Waals surface area contributed by atoms with Gasteiger partial charge in [0.25, 0.3) is 5.56 Å². The van der Waals surface area contributed by atoms with E-state index in [0.29, 0.717) is 17.6 Å². The van der Waals surface area contributed by atoms with Crippen LogP contribution < -0.4 is 10.9 Å². The molecule has 0 aliphatic heterocycles. The van der Waals surface area contributed by atoms with Crippen LogP contribution in [-0.4, -0.2) is 29.5 Å². The van der Waals surface area contributed by atoms with E-state index in [1.54, 1.807) is 13.3 Å². The predicted molar refractivity (Wildman–Crippen MR) is 76.1 cm³/mol. The highest BCUT2D eigenvalue weighted by atomic mass is 79.9. The van der Waals surface area contributed by atoms with Gasteiger partial charge in [0.2, 0.25) is 0 Å². The smallest absolute Gasteiger partial charge is 0.283 e. The minimum Gasteiger partial charge on any atom is -0.383 e. The van der Waals surface area contributed by atoms with Crippen LogP contribution in [-0.2, 0) is 11.3 Å². The summed E-state index contributed by atoms with van der Waals surface area (Å²) in [6.45, 7) is 5.31. The summed E-state index contributed by atoms with van der Waals surface area (Å²) in [6, 6.07) is 0.175. The molecule has 0 amide bonds. The van der Waals surface area contributed by atoms with Crippen LogP contribution in [0.25, 0.3) is 0 Å². The third kappa shape index (κ3) is 3.81. The summed E-state index contributed by atoms with van der Waals surface area (Å²) in [4.78, 5) is 12.0. The average molecular weight is 318 g/mol. The number of aryl methyl sites for hydroxylation is 1. The Morgan fingerprint density at radius 3 is 2.83 bits per heavy atom. The molecule has 0 bridgehead atoms. The molecule has 0 aliphatic rings. The Kier molecular flexibility index (Phi) is 6.35. The van der Waals surface area contributed by atoms with E-state index in [-0.39, 0.29) is 11.6 Å². The Morgan fingerprint density at radius 1 is 1.56 bits per heavy atom. The second kappa shape index (κ2) is 7.53. The lowest BCUT2D eigenvalue weighted by Gasteiger charge is -2.18. The minimum atomic E-state index is -0.103. The van der Waals surface area contributed by atoms with E-state index < -0.39 is 0 Å². The van der Waals surface area contributed by atoms with Gasteiger partial charge in [-0.25, -0.2) is 4.68 Å². The second-order valence-electron chi connectivity index (χ2n) is 4.11. The monoisotopic (exact) mass is 317 g/mol. The number of ether oxygens (including phenoxy) is 1. The second-order valence-corrected chi connectivity index (χ2v) is 4.90. The number of rotatable bonds is 7. The first kappa shape index (κ1) is 15.2. The lowest BCUT2D eigenvalue weighted by molar-refractivity contribution is 0.184. The van der Waals surface area contributed by atoms with E-state index in [2.05, 4.69) is 33.3 Å². The Bertz CT molecular complexity index is 434. The van der Waals surface area contributed by atoms with Gasteiger partial charge in [0.15, 0.2) is 0 Å². The van der Waals surface area contributed by atoms with E-state index >= 15 is 0 Å². The van der Waals surface area contributed by atoms with Crippen LogP contribution in [0.15, 0.2) is 15.5 Å². The van der Waals surface area contributed by atoms with Crippen molar-refractivity contribution >= 4 is 21.6 Å². The molecule has 102 valence electrons. The Morgan fingerprint density at radius 2 is 2.28 bits per heavy atom. The SMILES string of the molecule is CCCn1ncc(NC(CC)COC)c(Br)c1=O. The molecule has 0 saturated carbocycles. The molecule has 1 N–H and O–H groups in total. The zero-order valence-electron chi connectivity index (χ0n) is 11.1. The molecule has 0 spiro atoms. The molecule has 5 nitrogen and oxygen atoms in total. The molecule has 0 aromatic carbocycles. The van der Waals surface area contributed by atoms with Crippen molar-refractivity contribution in [2.75, 3.05) is 19.0 Å². The van der Waals surface area contributed by atoms with Crippen molar-refractivity contribution in [3.05, 3.63) is 21.0 Å². The highest BCUT2D eigenvalue weighted by Crippen LogP contribution is 2.18. The fraction of sp³-hybridized carbons (Fsp3) is 0.667. The molecule has 1 rings (SSSR count). The van der Waals surface area contributed by atoms with Crippen LogP contribution in [0.1, 0.15) is 26.7 Å². The van der Waals surface area contributed by atoms with Gasteiger partial charge in [0.1, 0.15) is 4.47 Å². The number of nitrogens with one attached hydrogen (secondary N) is 1. The summed E-state index contributed by atoms with van der Waals surface area (Å²) in [6.07, 6.45) is 3.48. The van der Waals surface area contributed by atoms with Gasteiger partial charge in [0, 0.05) is 19.7 Å². The number of halogens is 1. The van der Waals surface area contributed by atoms with Gasteiger partial charge in [-0.1, -0.05) is 13.8 Å². The first-order valence-electron chi connectivity index (χ1n) is 6.15. The van der Waals surface area contributed by atoms with Crippen LogP contribution in [0, 0.1) is 0 Å². The lowest BCUT2D eigenvalue weighted by Crippen LogP contribution is -2.28. The van der Waals surface area contributed by atoms with Crippen LogP contribution >= 0.6 is 15.9 Å². The van der Waals surface area contributed by atoms with Crippen molar-refractivity contribution in [2.45, 2.75) is 39.3 Å². The molecule has 1 aromatic rings. The molecule has 1 aromatic heterocycles. The fourth-order valence-corrected chi connectivity index (χ4v) is 2.04. The van der Waals surface area contributed by atoms with Gasteiger partial charge >= 0.3 is 0 Å². The molecule has 6 heteroatoms. The van der Waals surface area contributed by atoms with E-state index in [4.69, 9.17) is 4.74 Å². The topological polar surface area (TPSA) is 56.1 Å². The van der Waals surface area contributed by atoms with Crippen molar-refractivity contribution in [3.8, 4) is 0 Å². The predicted octanol–water partition coefficient (Wildman–Crippen LogP) is 2.25. The van der Waals surface area contributed by atoms with Gasteiger partial charge in [0.05, 0.1) is 18.5 Å². The van der Waals surface area contributed by atoms with E-state index in [1.165, 1.54) is 4.68 Å². The van der Waals surface area contributed by atoms with Crippen LogP contribution in [0.4, 0.5) is 5.69 Å². The van der Waals surface area contributed by atoms with Gasteiger partial charge in [-0.3, -0.25) is 4.79 Å². The zero-order valence-corrected chi connectivity index (χ0v) is 12.7. The van der Waals surface area contributed by atoms with Crippen molar-refractivity contribution in [2.24, 2.45) is 0 Å². The minimum absolute atomic E-state index is 0.103. The number of aromatic nitrogens is 2. The summed E-state index contributed by atoms with van der Waals surface area (Å²) in [7, 11) is 1.66. The van der Waals surface area contributed by atoms with E-state index in [1.807, 2.05) is 6.92 Å². The zero-order chi connectivity index (χ0) is 13.5. The Hall–Kier alpha value is -0.880. The molecule has 1 atom stereocenters. The molecule has 0 radical (unpaired) electrons. The Balaban J connectivity index is 2.91. The standard InChI is InChI=1S/C12H20BrN3O2/c1-4-6-16-12(17)11(13)10(7-14-16)15-9(5-2)8-18-3/h7,9,15H,4-6,8H2,1-3H3. The molecule has 0 saturated heterocycles. The third-order valence-corrected chi connectivity index (χ3v) is 3.41. The summed E-state index contributed by atoms with van der Waals surface area (Å²) >= 11 is 3.33. The maximum absolute atomic E-state index is 12.0. The average Bonchev–Trinajstić information content (AvgIpc) is 2.37. The number of nitrogens with zero attached hydrogens (tertiary/aromatic N) is 2. The normalized spacial score (nSPS) is 12.4.